The molecule has 2 N–H and O–H groups in total. The van der Waals surface area contributed by atoms with E-state index < -0.39 is 26.0 Å². The third-order valence-corrected chi connectivity index (χ3v) is 9.18. The number of methoxy groups -OCH3 is 1. The molecule has 1 fully saturated rings. The molecule has 9 nitrogen and oxygen atoms in total. The lowest BCUT2D eigenvalue weighted by atomic mass is 10.2. The Balaban J connectivity index is 1.52. The standard InChI is InChI=1S/C24H24ClN3O6S2/c1-34-23-13-12-21(36(32,33)28-14-2-3-15-28)16-22(23)24(29)26-18-8-10-20(11-9-18)35(30,31)27-19-6-4-17(25)5-7-19/h4-13,16,27H,2-3,14-15H2,1H3,(H,26,29). The Bertz CT molecular complexity index is 1470. The van der Waals surface area contributed by atoms with Gasteiger partial charge in [-0.25, -0.2) is 16.8 Å². The van der Waals surface area contributed by atoms with Crippen molar-refractivity contribution >= 4 is 48.9 Å². The van der Waals surface area contributed by atoms with Gasteiger partial charge in [0.1, 0.15) is 5.75 Å². The molecule has 0 aromatic heterocycles. The minimum Gasteiger partial charge on any atom is -0.496 e. The van der Waals surface area contributed by atoms with Crippen LogP contribution in [0.15, 0.2) is 76.5 Å². The van der Waals surface area contributed by atoms with Gasteiger partial charge in [-0.1, -0.05) is 11.6 Å². The number of sulfonamides is 2. The molecular weight excluding hydrogens is 526 g/mol. The lowest BCUT2D eigenvalue weighted by Gasteiger charge is -2.17. The summed E-state index contributed by atoms with van der Waals surface area (Å²) < 4.78 is 60.3. The molecule has 3 aromatic carbocycles. The zero-order valence-corrected chi connectivity index (χ0v) is 21.7. The fourth-order valence-corrected chi connectivity index (χ4v) is 6.48. The molecule has 1 saturated heterocycles. The molecule has 190 valence electrons. The molecule has 1 amide bonds. The van der Waals surface area contributed by atoms with Crippen molar-refractivity contribution < 1.29 is 26.4 Å². The number of ether oxygens (including phenoxy) is 1. The van der Waals surface area contributed by atoms with Gasteiger partial charge < -0.3 is 10.1 Å². The van der Waals surface area contributed by atoms with Crippen LogP contribution in [-0.4, -0.2) is 47.2 Å². The van der Waals surface area contributed by atoms with Crippen molar-refractivity contribution in [2.45, 2.75) is 22.6 Å². The van der Waals surface area contributed by atoms with Gasteiger partial charge in [0.05, 0.1) is 22.5 Å². The summed E-state index contributed by atoms with van der Waals surface area (Å²) in [6.07, 6.45) is 1.59. The fraction of sp³-hybridized carbons (Fsp3) is 0.208. The van der Waals surface area contributed by atoms with E-state index >= 15 is 0 Å². The van der Waals surface area contributed by atoms with Gasteiger partial charge in [0.2, 0.25) is 10.0 Å². The molecular formula is C24H24ClN3O6S2. The molecule has 36 heavy (non-hydrogen) atoms. The molecule has 0 unspecified atom stereocenters. The smallest absolute Gasteiger partial charge is 0.261 e. The molecule has 12 heteroatoms. The monoisotopic (exact) mass is 549 g/mol. The van der Waals surface area contributed by atoms with E-state index in [1.165, 1.54) is 53.9 Å². The van der Waals surface area contributed by atoms with Crippen LogP contribution in [0.4, 0.5) is 11.4 Å². The number of amides is 1. The lowest BCUT2D eigenvalue weighted by molar-refractivity contribution is 0.102. The Labute approximate surface area is 215 Å². The van der Waals surface area contributed by atoms with Crippen molar-refractivity contribution in [1.82, 2.24) is 4.31 Å². The predicted octanol–water partition coefficient (Wildman–Crippen LogP) is 4.19. The molecule has 0 atom stereocenters. The van der Waals surface area contributed by atoms with Crippen molar-refractivity contribution in [3.05, 3.63) is 77.3 Å². The van der Waals surface area contributed by atoms with Crippen LogP contribution in [0.25, 0.3) is 0 Å². The highest BCUT2D eigenvalue weighted by molar-refractivity contribution is 7.92. The summed E-state index contributed by atoms with van der Waals surface area (Å²) in [7, 11) is -6.20. The van der Waals surface area contributed by atoms with E-state index in [0.29, 0.717) is 29.5 Å². The maximum atomic E-state index is 13.0. The molecule has 4 rings (SSSR count). The first kappa shape index (κ1) is 26.0. The van der Waals surface area contributed by atoms with Gasteiger partial charge in [0, 0.05) is 29.5 Å². The summed E-state index contributed by atoms with van der Waals surface area (Å²) in [4.78, 5) is 13.0. The first-order valence-electron chi connectivity index (χ1n) is 11.0. The summed E-state index contributed by atoms with van der Waals surface area (Å²) in [5.74, 6) is -0.389. The number of nitrogens with one attached hydrogen (secondary N) is 2. The van der Waals surface area contributed by atoms with Gasteiger partial charge >= 0.3 is 0 Å². The van der Waals surface area contributed by atoms with E-state index in [1.54, 1.807) is 24.3 Å². The largest absolute Gasteiger partial charge is 0.496 e. The van der Waals surface area contributed by atoms with Crippen LogP contribution in [0.1, 0.15) is 23.2 Å². The normalized spacial score (nSPS) is 14.4. The third-order valence-electron chi connectivity index (χ3n) is 5.64. The van der Waals surface area contributed by atoms with Gasteiger partial charge in [0.25, 0.3) is 15.9 Å². The van der Waals surface area contributed by atoms with Crippen molar-refractivity contribution in [2.75, 3.05) is 30.2 Å². The average molecular weight is 550 g/mol. The Morgan fingerprint density at radius 3 is 2.06 bits per heavy atom. The van der Waals surface area contributed by atoms with Crippen LogP contribution < -0.4 is 14.8 Å². The van der Waals surface area contributed by atoms with Crippen LogP contribution in [0, 0.1) is 0 Å². The Kier molecular flexibility index (Phi) is 7.55. The van der Waals surface area contributed by atoms with Crippen LogP contribution in [0.3, 0.4) is 0 Å². The van der Waals surface area contributed by atoms with Crippen molar-refractivity contribution in [2.24, 2.45) is 0 Å². The molecule has 1 aliphatic rings. The number of benzene rings is 3. The molecule has 0 spiro atoms. The number of halogens is 1. The van der Waals surface area contributed by atoms with E-state index in [1.807, 2.05) is 0 Å². The van der Waals surface area contributed by atoms with Gasteiger partial charge in [-0.2, -0.15) is 4.31 Å². The van der Waals surface area contributed by atoms with Crippen molar-refractivity contribution in [3.63, 3.8) is 0 Å². The van der Waals surface area contributed by atoms with Gasteiger partial charge in [-0.15, -0.1) is 0 Å². The topological polar surface area (TPSA) is 122 Å². The van der Waals surface area contributed by atoms with Gasteiger partial charge in [0.15, 0.2) is 0 Å². The highest BCUT2D eigenvalue weighted by Gasteiger charge is 2.28. The van der Waals surface area contributed by atoms with Gasteiger partial charge in [-0.05, 0) is 79.6 Å². The predicted molar refractivity (Wildman–Crippen MR) is 138 cm³/mol. The molecule has 1 aliphatic heterocycles. The van der Waals surface area contributed by atoms with Crippen LogP contribution in [0.5, 0.6) is 5.75 Å². The van der Waals surface area contributed by atoms with E-state index in [9.17, 15) is 21.6 Å². The molecule has 0 radical (unpaired) electrons. The first-order chi connectivity index (χ1) is 17.1. The third kappa shape index (κ3) is 5.65. The van der Waals surface area contributed by atoms with Crippen molar-refractivity contribution in [3.8, 4) is 5.75 Å². The molecule has 0 saturated carbocycles. The van der Waals surface area contributed by atoms with Crippen LogP contribution in [-0.2, 0) is 20.0 Å². The van der Waals surface area contributed by atoms with Gasteiger partial charge in [-0.3, -0.25) is 9.52 Å². The minimum absolute atomic E-state index is 0.00469. The fourth-order valence-electron chi connectivity index (χ4n) is 3.75. The quantitative estimate of drug-likeness (QED) is 0.434. The number of hydrogen-bond donors (Lipinski definition) is 2. The number of carbonyl (C=O) groups is 1. The molecule has 0 aliphatic carbocycles. The molecule has 3 aromatic rings. The number of hydrogen-bond acceptors (Lipinski definition) is 6. The summed E-state index contributed by atoms with van der Waals surface area (Å²) in [5.41, 5.74) is 0.715. The number of anilines is 2. The Morgan fingerprint density at radius 2 is 1.44 bits per heavy atom. The van der Waals surface area contributed by atoms with Crippen LogP contribution in [0.2, 0.25) is 5.02 Å². The summed E-state index contributed by atoms with van der Waals surface area (Å²) in [6, 6.07) is 15.9. The second kappa shape index (κ2) is 10.5. The molecule has 0 bridgehead atoms. The lowest BCUT2D eigenvalue weighted by Crippen LogP contribution is -2.28. The summed E-state index contributed by atoms with van der Waals surface area (Å²) in [6.45, 7) is 0.885. The second-order valence-electron chi connectivity index (χ2n) is 8.06. The minimum atomic E-state index is -3.86. The van der Waals surface area contributed by atoms with E-state index in [2.05, 4.69) is 10.0 Å². The highest BCUT2D eigenvalue weighted by Crippen LogP contribution is 2.28. The SMILES string of the molecule is COc1ccc(S(=O)(=O)N2CCCC2)cc1C(=O)Nc1ccc(S(=O)(=O)Nc2ccc(Cl)cc2)cc1. The number of carbonyl (C=O) groups excluding carboxylic acids is 1. The van der Waals surface area contributed by atoms with Crippen molar-refractivity contribution in [1.29, 1.82) is 0 Å². The highest BCUT2D eigenvalue weighted by atomic mass is 35.5. The Hall–Kier alpha value is -3.12. The summed E-state index contributed by atoms with van der Waals surface area (Å²) >= 11 is 5.83. The number of rotatable bonds is 8. The van der Waals surface area contributed by atoms with Crippen LogP contribution >= 0.6 is 11.6 Å². The molecule has 1 heterocycles. The zero-order valence-electron chi connectivity index (χ0n) is 19.3. The second-order valence-corrected chi connectivity index (χ2v) is 12.1. The van der Waals surface area contributed by atoms with E-state index in [0.717, 1.165) is 12.8 Å². The zero-order chi connectivity index (χ0) is 25.9. The first-order valence-corrected chi connectivity index (χ1v) is 14.3. The average Bonchev–Trinajstić information content (AvgIpc) is 3.41. The maximum Gasteiger partial charge on any atom is 0.261 e. The number of nitrogens with zero attached hydrogens (tertiary/aromatic N) is 1. The Morgan fingerprint density at radius 1 is 0.861 bits per heavy atom. The summed E-state index contributed by atoms with van der Waals surface area (Å²) in [5, 5.41) is 3.14. The van der Waals surface area contributed by atoms with E-state index in [4.69, 9.17) is 16.3 Å². The maximum absolute atomic E-state index is 13.0. The van der Waals surface area contributed by atoms with E-state index in [-0.39, 0.29) is 21.1 Å².